The van der Waals surface area contributed by atoms with Gasteiger partial charge < -0.3 is 14.2 Å². The van der Waals surface area contributed by atoms with Crippen LogP contribution in [0.5, 0.6) is 0 Å². The summed E-state index contributed by atoms with van der Waals surface area (Å²) in [5.41, 5.74) is 0. The standard InChI is InChI=1S/C16H26O3/c1-2-4-12-10-15-13(5-3-6-17-15)9-14(12)11-16-18-7-8-19-16/h2,4,12-16H,3,5-11H2,1H3/b4-2-. The summed E-state index contributed by atoms with van der Waals surface area (Å²) in [6, 6.07) is 0. The minimum atomic E-state index is 0.0406. The first-order valence-corrected chi connectivity index (χ1v) is 7.84. The molecule has 0 aromatic heterocycles. The zero-order valence-corrected chi connectivity index (χ0v) is 11.9. The number of rotatable bonds is 3. The molecule has 3 fully saturated rings. The molecule has 4 unspecified atom stereocenters. The predicted molar refractivity (Wildman–Crippen MR) is 73.8 cm³/mol. The molecule has 0 bridgehead atoms. The molecular weight excluding hydrogens is 240 g/mol. The van der Waals surface area contributed by atoms with Crippen LogP contribution in [0.4, 0.5) is 0 Å². The number of hydrogen-bond donors (Lipinski definition) is 0. The van der Waals surface area contributed by atoms with Crippen LogP contribution in [0.1, 0.15) is 39.0 Å². The van der Waals surface area contributed by atoms with Gasteiger partial charge in [0.05, 0.1) is 19.3 Å². The van der Waals surface area contributed by atoms with E-state index in [-0.39, 0.29) is 6.29 Å². The van der Waals surface area contributed by atoms with E-state index in [9.17, 15) is 0 Å². The van der Waals surface area contributed by atoms with Crippen molar-refractivity contribution >= 4 is 0 Å². The molecule has 0 amide bonds. The highest BCUT2D eigenvalue weighted by Crippen LogP contribution is 2.43. The highest BCUT2D eigenvalue weighted by atomic mass is 16.7. The van der Waals surface area contributed by atoms with Crippen LogP contribution in [0.2, 0.25) is 0 Å². The van der Waals surface area contributed by atoms with E-state index in [0.717, 1.165) is 32.2 Å². The zero-order chi connectivity index (χ0) is 13.1. The monoisotopic (exact) mass is 266 g/mol. The number of ether oxygens (including phenoxy) is 3. The molecule has 1 saturated carbocycles. The quantitative estimate of drug-likeness (QED) is 0.734. The third-order valence-electron chi connectivity index (χ3n) is 4.92. The molecule has 2 heterocycles. The molecule has 2 aliphatic heterocycles. The number of hydrogen-bond acceptors (Lipinski definition) is 3. The first-order chi connectivity index (χ1) is 9.36. The van der Waals surface area contributed by atoms with Crippen molar-refractivity contribution < 1.29 is 14.2 Å². The first kappa shape index (κ1) is 13.6. The van der Waals surface area contributed by atoms with Gasteiger partial charge in [-0.15, -0.1) is 0 Å². The summed E-state index contributed by atoms with van der Waals surface area (Å²) in [6.45, 7) is 4.61. The summed E-state index contributed by atoms with van der Waals surface area (Å²) < 4.78 is 17.3. The number of allylic oxidation sites excluding steroid dienone is 2. The van der Waals surface area contributed by atoms with Gasteiger partial charge in [0.1, 0.15) is 0 Å². The van der Waals surface area contributed by atoms with Crippen LogP contribution in [0, 0.1) is 17.8 Å². The van der Waals surface area contributed by atoms with Crippen LogP contribution in [0.15, 0.2) is 12.2 Å². The maximum Gasteiger partial charge on any atom is 0.158 e. The summed E-state index contributed by atoms with van der Waals surface area (Å²) >= 11 is 0. The Morgan fingerprint density at radius 1 is 1.05 bits per heavy atom. The Morgan fingerprint density at radius 3 is 2.68 bits per heavy atom. The maximum atomic E-state index is 5.98. The average Bonchev–Trinajstić information content (AvgIpc) is 2.93. The Kier molecular flexibility index (Phi) is 4.57. The van der Waals surface area contributed by atoms with Gasteiger partial charge in [0.25, 0.3) is 0 Å². The van der Waals surface area contributed by atoms with E-state index in [1.54, 1.807) is 0 Å². The van der Waals surface area contributed by atoms with Gasteiger partial charge in [-0.1, -0.05) is 12.2 Å². The largest absolute Gasteiger partial charge is 0.378 e. The van der Waals surface area contributed by atoms with Crippen LogP contribution in [0.25, 0.3) is 0 Å². The van der Waals surface area contributed by atoms with Crippen molar-refractivity contribution in [3.05, 3.63) is 12.2 Å². The van der Waals surface area contributed by atoms with E-state index >= 15 is 0 Å². The van der Waals surface area contributed by atoms with E-state index in [4.69, 9.17) is 14.2 Å². The lowest BCUT2D eigenvalue weighted by molar-refractivity contribution is -0.0971. The lowest BCUT2D eigenvalue weighted by atomic mass is 9.69. The Morgan fingerprint density at radius 2 is 1.89 bits per heavy atom. The van der Waals surface area contributed by atoms with Crippen LogP contribution in [-0.2, 0) is 14.2 Å². The molecule has 0 radical (unpaired) electrons. The van der Waals surface area contributed by atoms with Gasteiger partial charge >= 0.3 is 0 Å². The fraction of sp³-hybridized carbons (Fsp3) is 0.875. The third-order valence-corrected chi connectivity index (χ3v) is 4.92. The summed E-state index contributed by atoms with van der Waals surface area (Å²) in [4.78, 5) is 0. The molecule has 0 spiro atoms. The topological polar surface area (TPSA) is 27.7 Å². The average molecular weight is 266 g/mol. The second-order valence-electron chi connectivity index (χ2n) is 6.14. The fourth-order valence-corrected chi connectivity index (χ4v) is 4.00. The molecule has 2 saturated heterocycles. The van der Waals surface area contributed by atoms with Gasteiger partial charge in [-0.2, -0.15) is 0 Å². The molecule has 3 heteroatoms. The normalized spacial score (nSPS) is 40.7. The highest BCUT2D eigenvalue weighted by Gasteiger charge is 2.39. The van der Waals surface area contributed by atoms with Crippen molar-refractivity contribution in [2.45, 2.75) is 51.4 Å². The smallest absolute Gasteiger partial charge is 0.158 e. The number of fused-ring (bicyclic) bond motifs is 1. The molecule has 3 nitrogen and oxygen atoms in total. The third kappa shape index (κ3) is 3.21. The van der Waals surface area contributed by atoms with E-state index in [1.807, 2.05) is 0 Å². The fourth-order valence-electron chi connectivity index (χ4n) is 4.00. The van der Waals surface area contributed by atoms with Crippen LogP contribution >= 0.6 is 0 Å². The lowest BCUT2D eigenvalue weighted by Crippen LogP contribution is -2.40. The molecular formula is C16H26O3. The van der Waals surface area contributed by atoms with Crippen LogP contribution < -0.4 is 0 Å². The minimum Gasteiger partial charge on any atom is -0.378 e. The van der Waals surface area contributed by atoms with Gasteiger partial charge in [-0.25, -0.2) is 0 Å². The lowest BCUT2D eigenvalue weighted by Gasteiger charge is -2.43. The summed E-state index contributed by atoms with van der Waals surface area (Å²) in [5, 5.41) is 0. The summed E-state index contributed by atoms with van der Waals surface area (Å²) in [6.07, 6.45) is 11.2. The second-order valence-corrected chi connectivity index (χ2v) is 6.14. The molecule has 108 valence electrons. The minimum absolute atomic E-state index is 0.0406. The maximum absolute atomic E-state index is 5.98. The molecule has 3 aliphatic rings. The molecule has 0 aromatic carbocycles. The van der Waals surface area contributed by atoms with E-state index in [1.165, 1.54) is 25.7 Å². The molecule has 1 aliphatic carbocycles. The molecule has 0 aromatic rings. The van der Waals surface area contributed by atoms with Crippen molar-refractivity contribution in [1.82, 2.24) is 0 Å². The second kappa shape index (κ2) is 6.38. The van der Waals surface area contributed by atoms with Gasteiger partial charge in [0, 0.05) is 13.0 Å². The molecule has 0 N–H and O–H groups in total. The van der Waals surface area contributed by atoms with Crippen molar-refractivity contribution in [2.24, 2.45) is 17.8 Å². The summed E-state index contributed by atoms with van der Waals surface area (Å²) in [5.74, 6) is 2.10. The van der Waals surface area contributed by atoms with Gasteiger partial charge in [-0.05, 0) is 50.4 Å². The van der Waals surface area contributed by atoms with Gasteiger partial charge in [0.2, 0.25) is 0 Å². The molecule has 4 atom stereocenters. The first-order valence-electron chi connectivity index (χ1n) is 7.84. The van der Waals surface area contributed by atoms with Crippen molar-refractivity contribution in [2.75, 3.05) is 19.8 Å². The Labute approximate surface area is 116 Å². The predicted octanol–water partition coefficient (Wildman–Crippen LogP) is 3.15. The Hall–Kier alpha value is -0.380. The van der Waals surface area contributed by atoms with E-state index < -0.39 is 0 Å². The van der Waals surface area contributed by atoms with Crippen molar-refractivity contribution in [3.8, 4) is 0 Å². The van der Waals surface area contributed by atoms with Gasteiger partial charge in [-0.3, -0.25) is 0 Å². The van der Waals surface area contributed by atoms with Crippen molar-refractivity contribution in [1.29, 1.82) is 0 Å². The zero-order valence-electron chi connectivity index (χ0n) is 11.9. The SMILES string of the molecule is C/C=C\C1CC2OCCCC2CC1CC1OCCO1. The van der Waals surface area contributed by atoms with Crippen LogP contribution in [-0.4, -0.2) is 32.2 Å². The Balaban J connectivity index is 1.64. The highest BCUT2D eigenvalue weighted by molar-refractivity contribution is 4.97. The van der Waals surface area contributed by atoms with Gasteiger partial charge in [0.15, 0.2) is 6.29 Å². The van der Waals surface area contributed by atoms with E-state index in [2.05, 4.69) is 19.1 Å². The van der Waals surface area contributed by atoms with Crippen molar-refractivity contribution in [3.63, 3.8) is 0 Å². The molecule has 19 heavy (non-hydrogen) atoms. The van der Waals surface area contributed by atoms with Crippen LogP contribution in [0.3, 0.4) is 0 Å². The summed E-state index contributed by atoms with van der Waals surface area (Å²) in [7, 11) is 0. The van der Waals surface area contributed by atoms with E-state index in [0.29, 0.717) is 17.9 Å². The Bertz CT molecular complexity index is 309. The molecule has 3 rings (SSSR count).